The maximum absolute atomic E-state index is 12.7. The fourth-order valence-electron chi connectivity index (χ4n) is 3.66. The minimum atomic E-state index is -0.114. The summed E-state index contributed by atoms with van der Waals surface area (Å²) in [5, 5.41) is 13.4. The highest BCUT2D eigenvalue weighted by atomic mass is 16.3. The molecule has 2 N–H and O–H groups in total. The summed E-state index contributed by atoms with van der Waals surface area (Å²) in [4.78, 5) is 25.4. The van der Waals surface area contributed by atoms with Crippen molar-refractivity contribution in [2.24, 2.45) is 5.92 Å². The molecule has 5 nitrogen and oxygen atoms in total. The monoisotopic (exact) mass is 348 g/mol. The fourth-order valence-corrected chi connectivity index (χ4v) is 3.66. The zero-order valence-corrected chi connectivity index (χ0v) is 14.3. The van der Waals surface area contributed by atoms with Gasteiger partial charge in [-0.05, 0) is 30.7 Å². The average molecular weight is 348 g/mol. The molecule has 1 aliphatic carbocycles. The van der Waals surface area contributed by atoms with E-state index in [-0.39, 0.29) is 36.4 Å². The summed E-state index contributed by atoms with van der Waals surface area (Å²) < 4.78 is 1.89. The number of aromatic nitrogens is 1. The molecule has 4 rings (SSSR count). The third-order valence-corrected chi connectivity index (χ3v) is 4.93. The normalized spacial score (nSPS) is 19.3. The van der Waals surface area contributed by atoms with E-state index in [0.29, 0.717) is 17.2 Å². The number of amides is 1. The Morgan fingerprint density at radius 3 is 2.23 bits per heavy atom. The number of hydrogen-bond acceptors (Lipinski definition) is 3. The smallest absolute Gasteiger partial charge is 0.240 e. The first-order chi connectivity index (χ1) is 12.7. The Balaban J connectivity index is 1.71. The molecule has 3 aromatic rings. The summed E-state index contributed by atoms with van der Waals surface area (Å²) in [6.45, 7) is 0.229. The van der Waals surface area contributed by atoms with Gasteiger partial charge in [0.25, 0.3) is 0 Å². The minimum Gasteiger partial charge on any atom is -0.396 e. The van der Waals surface area contributed by atoms with Crippen molar-refractivity contribution in [2.75, 3.05) is 6.61 Å². The first kappa shape index (κ1) is 16.5. The Bertz CT molecular complexity index is 1010. The highest BCUT2D eigenvalue weighted by Gasteiger charge is 2.20. The van der Waals surface area contributed by atoms with Gasteiger partial charge in [-0.2, -0.15) is 0 Å². The summed E-state index contributed by atoms with van der Waals surface area (Å²) in [6, 6.07) is 14.7. The van der Waals surface area contributed by atoms with Crippen molar-refractivity contribution in [1.29, 1.82) is 0 Å². The second-order valence-electron chi connectivity index (χ2n) is 6.69. The van der Waals surface area contributed by atoms with Crippen molar-refractivity contribution in [1.82, 2.24) is 9.88 Å². The van der Waals surface area contributed by atoms with Crippen LogP contribution in [0.3, 0.4) is 0 Å². The molecule has 0 radical (unpaired) electrons. The largest absolute Gasteiger partial charge is 0.396 e. The van der Waals surface area contributed by atoms with Crippen LogP contribution in [0.1, 0.15) is 6.42 Å². The minimum absolute atomic E-state index is 0.0163. The van der Waals surface area contributed by atoms with Crippen molar-refractivity contribution in [3.05, 3.63) is 70.9 Å². The van der Waals surface area contributed by atoms with Crippen LogP contribution in [-0.2, 0) is 11.3 Å². The molecular formula is C21H20N2O3. The van der Waals surface area contributed by atoms with Gasteiger partial charge in [0.1, 0.15) is 6.54 Å². The summed E-state index contributed by atoms with van der Waals surface area (Å²) in [5.74, 6) is -0.00782. The molecule has 2 atom stereocenters. The van der Waals surface area contributed by atoms with E-state index in [1.807, 2.05) is 53.1 Å². The Labute approximate surface area is 150 Å². The number of pyridine rings is 1. The third-order valence-electron chi connectivity index (χ3n) is 4.93. The van der Waals surface area contributed by atoms with E-state index >= 15 is 0 Å². The van der Waals surface area contributed by atoms with Gasteiger partial charge in [-0.1, -0.05) is 36.4 Å². The Hall–Kier alpha value is -2.92. The Morgan fingerprint density at radius 2 is 1.65 bits per heavy atom. The van der Waals surface area contributed by atoms with E-state index in [2.05, 4.69) is 5.32 Å². The standard InChI is InChI=1S/C21H20N2O3/c24-13-14-9-10-15(11-14)22-20(25)12-23-18-7-3-1-5-16(18)21(26)17-6-2-4-8-19(17)23/h1-10,14-15,24H,11-13H2,(H,22,25)/t14-,15+/m0/s1. The van der Waals surface area contributed by atoms with Crippen LogP contribution in [0.2, 0.25) is 0 Å². The molecule has 0 fully saturated rings. The van der Waals surface area contributed by atoms with Gasteiger partial charge in [-0.25, -0.2) is 0 Å². The predicted octanol–water partition coefficient (Wildman–Crippen LogP) is 2.21. The zero-order valence-electron chi connectivity index (χ0n) is 14.3. The highest BCUT2D eigenvalue weighted by Crippen LogP contribution is 2.20. The first-order valence-corrected chi connectivity index (χ1v) is 8.76. The van der Waals surface area contributed by atoms with Crippen molar-refractivity contribution in [2.45, 2.75) is 19.0 Å². The number of para-hydroxylation sites is 2. The summed E-state index contributed by atoms with van der Waals surface area (Å²) in [7, 11) is 0. The van der Waals surface area contributed by atoms with Gasteiger partial charge >= 0.3 is 0 Å². The molecule has 0 saturated heterocycles. The van der Waals surface area contributed by atoms with Crippen LogP contribution < -0.4 is 10.7 Å². The van der Waals surface area contributed by atoms with Crippen LogP contribution in [0.4, 0.5) is 0 Å². The maximum Gasteiger partial charge on any atom is 0.240 e. The van der Waals surface area contributed by atoms with Gasteiger partial charge in [0.05, 0.1) is 11.0 Å². The van der Waals surface area contributed by atoms with Gasteiger partial charge in [-0.3, -0.25) is 9.59 Å². The molecule has 1 heterocycles. The summed E-state index contributed by atoms with van der Waals surface area (Å²) in [5.41, 5.74) is 1.49. The second-order valence-corrected chi connectivity index (χ2v) is 6.69. The van der Waals surface area contributed by atoms with Crippen LogP contribution >= 0.6 is 0 Å². The maximum atomic E-state index is 12.7. The van der Waals surface area contributed by atoms with Crippen LogP contribution in [0, 0.1) is 5.92 Å². The van der Waals surface area contributed by atoms with Crippen LogP contribution in [0.25, 0.3) is 21.8 Å². The van der Waals surface area contributed by atoms with Gasteiger partial charge < -0.3 is 15.0 Å². The number of fused-ring (bicyclic) bond motifs is 2. The lowest BCUT2D eigenvalue weighted by Gasteiger charge is -2.17. The van der Waals surface area contributed by atoms with Gasteiger partial charge in [-0.15, -0.1) is 0 Å². The number of nitrogens with one attached hydrogen (secondary N) is 1. The van der Waals surface area contributed by atoms with E-state index in [0.717, 1.165) is 11.0 Å². The predicted molar refractivity (Wildman–Crippen MR) is 102 cm³/mol. The Kier molecular flexibility index (Phi) is 4.31. The quantitative estimate of drug-likeness (QED) is 0.561. The van der Waals surface area contributed by atoms with Crippen LogP contribution in [-0.4, -0.2) is 28.2 Å². The summed E-state index contributed by atoms with van der Waals surface area (Å²) >= 11 is 0. The lowest BCUT2D eigenvalue weighted by Crippen LogP contribution is -2.35. The third kappa shape index (κ3) is 2.91. The fraction of sp³-hybridized carbons (Fsp3) is 0.238. The zero-order chi connectivity index (χ0) is 18.1. The number of nitrogens with zero attached hydrogens (tertiary/aromatic N) is 1. The molecule has 0 unspecified atom stereocenters. The van der Waals surface area contributed by atoms with Crippen molar-refractivity contribution >= 4 is 27.7 Å². The molecule has 0 saturated carbocycles. The van der Waals surface area contributed by atoms with Crippen molar-refractivity contribution in [3.8, 4) is 0 Å². The van der Waals surface area contributed by atoms with Crippen molar-refractivity contribution < 1.29 is 9.90 Å². The van der Waals surface area contributed by atoms with Crippen molar-refractivity contribution in [3.63, 3.8) is 0 Å². The van der Waals surface area contributed by atoms with E-state index in [4.69, 9.17) is 0 Å². The molecule has 1 aromatic heterocycles. The lowest BCUT2D eigenvalue weighted by molar-refractivity contribution is -0.122. The molecule has 1 amide bonds. The van der Waals surface area contributed by atoms with E-state index in [1.165, 1.54) is 0 Å². The Morgan fingerprint density at radius 1 is 1.04 bits per heavy atom. The lowest BCUT2D eigenvalue weighted by atomic mass is 10.1. The molecule has 2 aromatic carbocycles. The second kappa shape index (κ2) is 6.77. The van der Waals surface area contributed by atoms with E-state index < -0.39 is 0 Å². The molecule has 0 aliphatic heterocycles. The highest BCUT2D eigenvalue weighted by molar-refractivity contribution is 5.94. The molecule has 132 valence electrons. The number of aliphatic hydroxyl groups is 1. The van der Waals surface area contributed by atoms with Gasteiger partial charge in [0.15, 0.2) is 5.43 Å². The van der Waals surface area contributed by atoms with Gasteiger partial charge in [0.2, 0.25) is 5.91 Å². The summed E-state index contributed by atoms with van der Waals surface area (Å²) in [6.07, 6.45) is 4.59. The molecule has 0 spiro atoms. The number of aliphatic hydroxyl groups excluding tert-OH is 1. The number of rotatable bonds is 4. The first-order valence-electron chi connectivity index (χ1n) is 8.76. The number of benzene rings is 2. The molecule has 26 heavy (non-hydrogen) atoms. The van der Waals surface area contributed by atoms with Crippen LogP contribution in [0.15, 0.2) is 65.5 Å². The molecular weight excluding hydrogens is 328 g/mol. The van der Waals surface area contributed by atoms with E-state index in [1.54, 1.807) is 12.1 Å². The molecule has 1 aliphatic rings. The SMILES string of the molecule is O=C(Cn1c2ccccc2c(=O)c2ccccc21)N[C@@H]1C=C[C@H](CO)C1. The number of hydrogen-bond donors (Lipinski definition) is 2. The topological polar surface area (TPSA) is 71.3 Å². The number of carbonyl (C=O) groups excluding carboxylic acids is 1. The molecule has 5 heteroatoms. The van der Waals surface area contributed by atoms with Gasteiger partial charge in [0, 0.05) is 29.3 Å². The molecule has 0 bridgehead atoms. The van der Waals surface area contributed by atoms with Crippen LogP contribution in [0.5, 0.6) is 0 Å². The average Bonchev–Trinajstić information content (AvgIpc) is 3.12. The number of carbonyl (C=O) groups is 1. The van der Waals surface area contributed by atoms with E-state index in [9.17, 15) is 14.7 Å².